The molecule has 4 nitrogen and oxygen atoms in total. The van der Waals surface area contributed by atoms with Crippen molar-refractivity contribution in [2.24, 2.45) is 0 Å². The molecule has 0 bridgehead atoms. The standard InChI is InChI=1S/C23H28N2O2/c1-3-21(18-9-5-4-6-10-18)23(27)25-14-12-20(13-15-25)24-22(26)19-11-7-8-17(2)16-19/h4-11,16,20-21H,3,12-15H2,1-2H3,(H,24,26). The maximum absolute atomic E-state index is 13.0. The van der Waals surface area contributed by atoms with Gasteiger partial charge in [0.25, 0.3) is 5.91 Å². The Balaban J connectivity index is 1.55. The van der Waals surface area contributed by atoms with Crippen LogP contribution >= 0.6 is 0 Å². The molecule has 1 saturated heterocycles. The number of hydrogen-bond acceptors (Lipinski definition) is 2. The lowest BCUT2D eigenvalue weighted by Crippen LogP contribution is -2.47. The SMILES string of the molecule is CCC(C(=O)N1CCC(NC(=O)c2cccc(C)c2)CC1)c1ccccc1. The van der Waals surface area contributed by atoms with Crippen molar-refractivity contribution in [2.75, 3.05) is 13.1 Å². The van der Waals surface area contributed by atoms with Crippen molar-refractivity contribution in [3.05, 3.63) is 71.3 Å². The van der Waals surface area contributed by atoms with Gasteiger partial charge >= 0.3 is 0 Å². The largest absolute Gasteiger partial charge is 0.349 e. The predicted molar refractivity (Wildman–Crippen MR) is 108 cm³/mol. The van der Waals surface area contributed by atoms with Crippen molar-refractivity contribution in [3.8, 4) is 0 Å². The van der Waals surface area contributed by atoms with Gasteiger partial charge in [-0.3, -0.25) is 9.59 Å². The molecule has 4 heteroatoms. The number of rotatable bonds is 5. The Bertz CT molecular complexity index is 780. The molecule has 0 saturated carbocycles. The smallest absolute Gasteiger partial charge is 0.251 e. The summed E-state index contributed by atoms with van der Waals surface area (Å²) in [5.74, 6) is 0.0935. The van der Waals surface area contributed by atoms with Crippen LogP contribution in [0.3, 0.4) is 0 Å². The molecule has 1 aliphatic rings. The van der Waals surface area contributed by atoms with Crippen molar-refractivity contribution < 1.29 is 9.59 Å². The van der Waals surface area contributed by atoms with Gasteiger partial charge in [0.05, 0.1) is 5.92 Å². The summed E-state index contributed by atoms with van der Waals surface area (Å²) in [5, 5.41) is 3.12. The van der Waals surface area contributed by atoms with Crippen molar-refractivity contribution in [2.45, 2.75) is 45.1 Å². The minimum absolute atomic E-state index is 0.0285. The number of benzene rings is 2. The van der Waals surface area contributed by atoms with Crippen LogP contribution in [-0.4, -0.2) is 35.8 Å². The summed E-state index contributed by atoms with van der Waals surface area (Å²) < 4.78 is 0. The van der Waals surface area contributed by atoms with Gasteiger partial charge in [-0.15, -0.1) is 0 Å². The first-order valence-corrected chi connectivity index (χ1v) is 9.79. The van der Waals surface area contributed by atoms with E-state index in [1.807, 2.05) is 66.4 Å². The van der Waals surface area contributed by atoms with E-state index >= 15 is 0 Å². The van der Waals surface area contributed by atoms with Gasteiger partial charge in [-0.25, -0.2) is 0 Å². The van der Waals surface area contributed by atoms with Gasteiger partial charge in [-0.2, -0.15) is 0 Å². The van der Waals surface area contributed by atoms with Crippen LogP contribution < -0.4 is 5.32 Å². The van der Waals surface area contributed by atoms with E-state index in [-0.39, 0.29) is 23.8 Å². The van der Waals surface area contributed by atoms with Crippen molar-refractivity contribution in [1.29, 1.82) is 0 Å². The molecule has 27 heavy (non-hydrogen) atoms. The lowest BCUT2D eigenvalue weighted by atomic mass is 9.93. The van der Waals surface area contributed by atoms with E-state index in [1.165, 1.54) is 0 Å². The maximum atomic E-state index is 13.0. The maximum Gasteiger partial charge on any atom is 0.251 e. The van der Waals surface area contributed by atoms with Crippen LogP contribution in [0.15, 0.2) is 54.6 Å². The van der Waals surface area contributed by atoms with Crippen molar-refractivity contribution in [3.63, 3.8) is 0 Å². The zero-order valence-corrected chi connectivity index (χ0v) is 16.2. The van der Waals surface area contributed by atoms with Crippen molar-refractivity contribution in [1.82, 2.24) is 10.2 Å². The van der Waals surface area contributed by atoms with E-state index in [1.54, 1.807) is 0 Å². The molecule has 1 N–H and O–H groups in total. The number of carbonyl (C=O) groups is 2. The summed E-state index contributed by atoms with van der Waals surface area (Å²) >= 11 is 0. The van der Waals surface area contributed by atoms with Gasteiger partial charge in [0.2, 0.25) is 5.91 Å². The number of nitrogens with one attached hydrogen (secondary N) is 1. The van der Waals surface area contributed by atoms with E-state index in [0.717, 1.165) is 30.4 Å². The summed E-state index contributed by atoms with van der Waals surface area (Å²) in [4.78, 5) is 27.3. The number of nitrogens with zero attached hydrogens (tertiary/aromatic N) is 1. The van der Waals surface area contributed by atoms with Crippen LogP contribution in [0.4, 0.5) is 0 Å². The van der Waals surface area contributed by atoms with Crippen LogP contribution in [0.2, 0.25) is 0 Å². The Hall–Kier alpha value is -2.62. The molecule has 0 radical (unpaired) electrons. The molecule has 2 aromatic rings. The van der Waals surface area contributed by atoms with Gasteiger partial charge in [-0.1, -0.05) is 55.0 Å². The van der Waals surface area contributed by atoms with Crippen LogP contribution in [0.5, 0.6) is 0 Å². The third-order valence-electron chi connectivity index (χ3n) is 5.33. The topological polar surface area (TPSA) is 49.4 Å². The van der Waals surface area contributed by atoms with E-state index in [9.17, 15) is 9.59 Å². The first-order chi connectivity index (χ1) is 13.1. The number of piperidine rings is 1. The minimum Gasteiger partial charge on any atom is -0.349 e. The van der Waals surface area contributed by atoms with E-state index in [2.05, 4.69) is 12.2 Å². The fourth-order valence-corrected chi connectivity index (χ4v) is 3.76. The highest BCUT2D eigenvalue weighted by Crippen LogP contribution is 2.24. The Morgan fingerprint density at radius 1 is 1.07 bits per heavy atom. The minimum atomic E-state index is -0.0790. The molecular formula is C23H28N2O2. The summed E-state index contributed by atoms with van der Waals surface area (Å²) in [6, 6.07) is 17.8. The number of carbonyl (C=O) groups excluding carboxylic acids is 2. The molecule has 0 aliphatic carbocycles. The zero-order valence-electron chi connectivity index (χ0n) is 16.2. The number of hydrogen-bond donors (Lipinski definition) is 1. The number of aryl methyl sites for hydroxylation is 1. The fraction of sp³-hybridized carbons (Fsp3) is 0.391. The first-order valence-electron chi connectivity index (χ1n) is 9.79. The van der Waals surface area contributed by atoms with Crippen molar-refractivity contribution >= 4 is 11.8 Å². The normalized spacial score (nSPS) is 16.0. The first kappa shape index (κ1) is 19.2. The second kappa shape index (κ2) is 8.85. The molecule has 0 aromatic heterocycles. The lowest BCUT2D eigenvalue weighted by molar-refractivity contribution is -0.134. The predicted octanol–water partition coefficient (Wildman–Crippen LogP) is 3.91. The third-order valence-corrected chi connectivity index (χ3v) is 5.33. The molecule has 3 rings (SSSR count). The molecule has 1 heterocycles. The highest BCUT2D eigenvalue weighted by atomic mass is 16.2. The Kier molecular flexibility index (Phi) is 6.28. The van der Waals surface area contributed by atoms with Crippen LogP contribution in [0.1, 0.15) is 53.6 Å². The highest BCUT2D eigenvalue weighted by molar-refractivity contribution is 5.94. The summed E-state index contributed by atoms with van der Waals surface area (Å²) in [5.41, 5.74) is 2.86. The molecule has 142 valence electrons. The molecule has 2 aromatic carbocycles. The monoisotopic (exact) mass is 364 g/mol. The van der Waals surface area contributed by atoms with Gasteiger partial charge in [0.15, 0.2) is 0 Å². The molecular weight excluding hydrogens is 336 g/mol. The van der Waals surface area contributed by atoms with Gasteiger partial charge in [-0.05, 0) is 43.9 Å². The third kappa shape index (κ3) is 4.76. The highest BCUT2D eigenvalue weighted by Gasteiger charge is 2.28. The molecule has 2 amide bonds. The van der Waals surface area contributed by atoms with Crippen LogP contribution in [0, 0.1) is 6.92 Å². The van der Waals surface area contributed by atoms with E-state index in [4.69, 9.17) is 0 Å². The molecule has 1 atom stereocenters. The van der Waals surface area contributed by atoms with Gasteiger partial charge in [0.1, 0.15) is 0 Å². The average molecular weight is 364 g/mol. The van der Waals surface area contributed by atoms with Gasteiger partial charge < -0.3 is 10.2 Å². The Labute approximate surface area is 161 Å². The Morgan fingerprint density at radius 3 is 2.41 bits per heavy atom. The lowest BCUT2D eigenvalue weighted by Gasteiger charge is -2.34. The van der Waals surface area contributed by atoms with E-state index in [0.29, 0.717) is 18.7 Å². The second-order valence-electron chi connectivity index (χ2n) is 7.31. The quantitative estimate of drug-likeness (QED) is 0.874. The average Bonchev–Trinajstić information content (AvgIpc) is 2.70. The molecule has 1 fully saturated rings. The number of likely N-dealkylation sites (tertiary alicyclic amines) is 1. The van der Waals surface area contributed by atoms with Gasteiger partial charge in [0, 0.05) is 24.7 Å². The molecule has 0 spiro atoms. The summed E-state index contributed by atoms with van der Waals surface area (Å²) in [6.07, 6.45) is 2.40. The second-order valence-corrected chi connectivity index (χ2v) is 7.31. The Morgan fingerprint density at radius 2 is 1.78 bits per heavy atom. The molecule has 1 aliphatic heterocycles. The zero-order chi connectivity index (χ0) is 19.2. The fourth-order valence-electron chi connectivity index (χ4n) is 3.76. The van der Waals surface area contributed by atoms with E-state index < -0.39 is 0 Å². The number of amides is 2. The van der Waals surface area contributed by atoms with Crippen LogP contribution in [0.25, 0.3) is 0 Å². The van der Waals surface area contributed by atoms with Crippen LogP contribution in [-0.2, 0) is 4.79 Å². The summed E-state index contributed by atoms with van der Waals surface area (Å²) in [7, 11) is 0. The molecule has 1 unspecified atom stereocenters. The summed E-state index contributed by atoms with van der Waals surface area (Å²) in [6.45, 7) is 5.43.